The van der Waals surface area contributed by atoms with Crippen LogP contribution in [0.25, 0.3) is 5.57 Å². The zero-order valence-corrected chi connectivity index (χ0v) is 15.9. The van der Waals surface area contributed by atoms with Crippen molar-refractivity contribution in [2.45, 2.75) is 26.3 Å². The fraction of sp³-hybridized carbons (Fsp3) is 0.412. The van der Waals surface area contributed by atoms with E-state index in [0.29, 0.717) is 0 Å². The summed E-state index contributed by atoms with van der Waals surface area (Å²) >= 11 is 0. The number of hydrogen-bond donors (Lipinski definition) is 1. The van der Waals surface area contributed by atoms with Crippen LogP contribution in [0.4, 0.5) is 8.78 Å². The van der Waals surface area contributed by atoms with Crippen molar-refractivity contribution in [2.75, 3.05) is 19.5 Å². The Morgan fingerprint density at radius 1 is 1.30 bits per heavy atom. The van der Waals surface area contributed by atoms with Crippen LogP contribution in [-0.4, -0.2) is 45.8 Å². The van der Waals surface area contributed by atoms with Gasteiger partial charge < -0.3 is 10.1 Å². The third kappa shape index (κ3) is 7.83. The van der Waals surface area contributed by atoms with Gasteiger partial charge in [0.25, 0.3) is 10.1 Å². The number of carbonyl (C=O) groups excluding carboxylic acids is 2. The lowest BCUT2D eigenvalue weighted by Crippen LogP contribution is -2.40. The summed E-state index contributed by atoms with van der Waals surface area (Å²) < 4.78 is 59.6. The number of amides is 1. The van der Waals surface area contributed by atoms with Crippen LogP contribution < -0.4 is 5.32 Å². The highest BCUT2D eigenvalue weighted by molar-refractivity contribution is 7.86. The molecule has 0 aliphatic rings. The average Bonchev–Trinajstić information content (AvgIpc) is 2.55. The molecular weight excluding hydrogens is 384 g/mol. The molecule has 0 saturated carbocycles. The number of nitrogens with one attached hydrogen (secondary N) is 1. The maximum Gasteiger partial charge on any atom is 0.328 e. The van der Waals surface area contributed by atoms with E-state index in [1.807, 2.05) is 0 Å². The van der Waals surface area contributed by atoms with E-state index in [-0.39, 0.29) is 24.2 Å². The summed E-state index contributed by atoms with van der Waals surface area (Å²) in [6.45, 7) is 2.30. The van der Waals surface area contributed by atoms with Crippen LogP contribution in [0.1, 0.15) is 25.8 Å². The Labute approximate surface area is 156 Å². The monoisotopic (exact) mass is 405 g/mol. The van der Waals surface area contributed by atoms with Gasteiger partial charge in [0.1, 0.15) is 6.04 Å². The van der Waals surface area contributed by atoms with E-state index in [2.05, 4.69) is 9.50 Å². The lowest BCUT2D eigenvalue weighted by Gasteiger charge is -2.16. The SMILES string of the molecule is CCOC(=O)C(C/C=C(\COS(C)(=O)=O)c1cccc(F)c1F)NC(C)=O. The molecule has 0 aliphatic heterocycles. The van der Waals surface area contributed by atoms with Crippen LogP contribution in [0.15, 0.2) is 24.3 Å². The van der Waals surface area contributed by atoms with Crippen molar-refractivity contribution < 1.29 is 35.7 Å². The van der Waals surface area contributed by atoms with Gasteiger partial charge in [-0.3, -0.25) is 8.98 Å². The van der Waals surface area contributed by atoms with Gasteiger partial charge in [-0.15, -0.1) is 0 Å². The third-order valence-electron chi connectivity index (χ3n) is 3.27. The highest BCUT2D eigenvalue weighted by atomic mass is 32.2. The standard InChI is InChI=1S/C17H21F2NO6S/c1-4-25-17(22)15(20-11(2)21)9-8-12(10-26-27(3,23)24)13-6-5-7-14(18)16(13)19/h5-8,15H,4,9-10H2,1-3H3,(H,20,21)/b12-8+. The Balaban J connectivity index is 3.20. The predicted octanol–water partition coefficient (Wildman–Crippen LogP) is 1.78. The zero-order chi connectivity index (χ0) is 20.6. The molecule has 0 aliphatic carbocycles. The van der Waals surface area contributed by atoms with E-state index in [4.69, 9.17) is 4.74 Å². The first kappa shape index (κ1) is 22.7. The summed E-state index contributed by atoms with van der Waals surface area (Å²) in [7, 11) is -3.85. The number of halogens is 2. The topological polar surface area (TPSA) is 98.8 Å². The molecule has 0 aromatic heterocycles. The van der Waals surface area contributed by atoms with Gasteiger partial charge in [-0.05, 0) is 25.0 Å². The minimum atomic E-state index is -3.85. The molecule has 10 heteroatoms. The number of benzene rings is 1. The molecule has 0 heterocycles. The van der Waals surface area contributed by atoms with Crippen LogP contribution in [0.2, 0.25) is 0 Å². The number of esters is 1. The maximum atomic E-state index is 14.1. The van der Waals surface area contributed by atoms with E-state index in [1.54, 1.807) is 6.92 Å². The predicted molar refractivity (Wildman–Crippen MR) is 94.0 cm³/mol. The van der Waals surface area contributed by atoms with Crippen molar-refractivity contribution in [3.05, 3.63) is 41.5 Å². The molecule has 1 N–H and O–H groups in total. The van der Waals surface area contributed by atoms with Gasteiger partial charge in [0, 0.05) is 12.5 Å². The second kappa shape index (κ2) is 10.1. The molecule has 0 bridgehead atoms. The quantitative estimate of drug-likeness (QED) is 0.497. The Morgan fingerprint density at radius 2 is 1.96 bits per heavy atom. The molecule has 0 spiro atoms. The molecule has 1 unspecified atom stereocenters. The number of hydrogen-bond acceptors (Lipinski definition) is 6. The van der Waals surface area contributed by atoms with Gasteiger partial charge in [-0.1, -0.05) is 18.2 Å². The molecule has 27 heavy (non-hydrogen) atoms. The van der Waals surface area contributed by atoms with Crippen molar-refractivity contribution in [3.8, 4) is 0 Å². The zero-order valence-electron chi connectivity index (χ0n) is 15.1. The fourth-order valence-corrected chi connectivity index (χ4v) is 2.47. The van der Waals surface area contributed by atoms with Crippen molar-refractivity contribution >= 4 is 27.6 Å². The van der Waals surface area contributed by atoms with E-state index >= 15 is 0 Å². The lowest BCUT2D eigenvalue weighted by atomic mass is 10.0. The van der Waals surface area contributed by atoms with Crippen molar-refractivity contribution in [1.29, 1.82) is 0 Å². The summed E-state index contributed by atoms with van der Waals surface area (Å²) in [5.41, 5.74) is -0.221. The van der Waals surface area contributed by atoms with Crippen molar-refractivity contribution in [2.24, 2.45) is 0 Å². The first-order valence-electron chi connectivity index (χ1n) is 7.96. The first-order chi connectivity index (χ1) is 12.5. The fourth-order valence-electron chi connectivity index (χ4n) is 2.13. The summed E-state index contributed by atoms with van der Waals surface area (Å²) in [6.07, 6.45) is 1.96. The molecule has 0 radical (unpaired) electrons. The highest BCUT2D eigenvalue weighted by Crippen LogP contribution is 2.22. The van der Waals surface area contributed by atoms with Gasteiger partial charge in [-0.2, -0.15) is 8.42 Å². The summed E-state index contributed by atoms with van der Waals surface area (Å²) in [6, 6.07) is 2.33. The summed E-state index contributed by atoms with van der Waals surface area (Å²) in [4.78, 5) is 23.2. The second-order valence-corrected chi connectivity index (χ2v) is 7.18. The van der Waals surface area contributed by atoms with Gasteiger partial charge in [-0.25, -0.2) is 13.6 Å². The number of carbonyl (C=O) groups is 2. The Bertz CT molecular complexity index is 823. The van der Waals surface area contributed by atoms with Crippen LogP contribution in [-0.2, 0) is 28.6 Å². The van der Waals surface area contributed by atoms with Crippen molar-refractivity contribution in [1.82, 2.24) is 5.32 Å². The molecule has 0 saturated heterocycles. The Hall–Kier alpha value is -2.33. The number of rotatable bonds is 9. The molecule has 1 rings (SSSR count). The maximum absolute atomic E-state index is 14.1. The van der Waals surface area contributed by atoms with Crippen LogP contribution in [0.3, 0.4) is 0 Å². The van der Waals surface area contributed by atoms with E-state index in [9.17, 15) is 26.8 Å². The normalized spacial score (nSPS) is 13.1. The average molecular weight is 405 g/mol. The minimum absolute atomic E-state index is 0.00271. The van der Waals surface area contributed by atoms with Crippen LogP contribution in [0.5, 0.6) is 0 Å². The number of ether oxygens (including phenoxy) is 1. The van der Waals surface area contributed by atoms with Gasteiger partial charge >= 0.3 is 5.97 Å². The van der Waals surface area contributed by atoms with Crippen molar-refractivity contribution in [3.63, 3.8) is 0 Å². The minimum Gasteiger partial charge on any atom is -0.464 e. The molecule has 1 amide bonds. The van der Waals surface area contributed by atoms with Crippen LogP contribution >= 0.6 is 0 Å². The van der Waals surface area contributed by atoms with Gasteiger partial charge in [0.05, 0.1) is 19.5 Å². The van der Waals surface area contributed by atoms with Crippen LogP contribution in [0, 0.1) is 11.6 Å². The molecule has 1 aromatic rings. The molecular formula is C17H21F2NO6S. The lowest BCUT2D eigenvalue weighted by molar-refractivity contribution is -0.147. The summed E-state index contributed by atoms with van der Waals surface area (Å²) in [5, 5.41) is 2.38. The highest BCUT2D eigenvalue weighted by Gasteiger charge is 2.21. The molecule has 7 nitrogen and oxygen atoms in total. The smallest absolute Gasteiger partial charge is 0.328 e. The first-order valence-corrected chi connectivity index (χ1v) is 9.78. The van der Waals surface area contributed by atoms with Gasteiger partial charge in [0.2, 0.25) is 5.91 Å². The summed E-state index contributed by atoms with van der Waals surface area (Å²) in [5.74, 6) is -3.52. The van der Waals surface area contributed by atoms with Gasteiger partial charge in [0.15, 0.2) is 11.6 Å². The second-order valence-electron chi connectivity index (χ2n) is 5.54. The third-order valence-corrected chi connectivity index (χ3v) is 3.82. The molecule has 150 valence electrons. The largest absolute Gasteiger partial charge is 0.464 e. The van der Waals surface area contributed by atoms with E-state index in [0.717, 1.165) is 12.3 Å². The molecule has 1 aromatic carbocycles. The Morgan fingerprint density at radius 3 is 2.52 bits per heavy atom. The van der Waals surface area contributed by atoms with E-state index < -0.39 is 46.3 Å². The molecule has 1 atom stereocenters. The van der Waals surface area contributed by atoms with E-state index in [1.165, 1.54) is 25.1 Å². The molecule has 0 fully saturated rings. The Kier molecular flexibility index (Phi) is 8.51.